The first kappa shape index (κ1) is 15.6. The molecule has 4 N–H and O–H groups in total. The van der Waals surface area contributed by atoms with Crippen molar-refractivity contribution in [1.29, 1.82) is 0 Å². The number of carboxylic acids is 2. The average molecular weight is 308 g/mol. The fourth-order valence-electron chi connectivity index (χ4n) is 1.25. The van der Waals surface area contributed by atoms with Gasteiger partial charge < -0.3 is 20.7 Å². The number of benzene rings is 1. The van der Waals surface area contributed by atoms with E-state index in [4.69, 9.17) is 43.9 Å². The van der Waals surface area contributed by atoms with Crippen molar-refractivity contribution in [2.75, 3.05) is 0 Å². The number of hydrogen-bond acceptors (Lipinski definition) is 4. The Balaban J connectivity index is 2.81. The number of hydrogen-bond donors (Lipinski definition) is 3. The summed E-state index contributed by atoms with van der Waals surface area (Å²) in [7, 11) is 0. The van der Waals surface area contributed by atoms with Crippen LogP contribution in [0.5, 0.6) is 5.75 Å². The van der Waals surface area contributed by atoms with Gasteiger partial charge >= 0.3 is 11.9 Å². The zero-order valence-electron chi connectivity index (χ0n) is 9.55. The molecule has 0 aromatic heterocycles. The molecular formula is C11H11Cl2NO5. The molecule has 0 heterocycles. The van der Waals surface area contributed by atoms with E-state index >= 15 is 0 Å². The van der Waals surface area contributed by atoms with E-state index < -0.39 is 24.1 Å². The normalized spacial score (nSPS) is 13.6. The molecule has 0 spiro atoms. The van der Waals surface area contributed by atoms with E-state index in [1.54, 1.807) is 0 Å². The summed E-state index contributed by atoms with van der Waals surface area (Å²) in [5.74, 6) is -2.45. The Hall–Kier alpha value is -1.50. The van der Waals surface area contributed by atoms with Crippen LogP contribution in [0.4, 0.5) is 0 Å². The van der Waals surface area contributed by atoms with Gasteiger partial charge in [0.15, 0.2) is 6.10 Å². The predicted molar refractivity (Wildman–Crippen MR) is 68.7 cm³/mol. The van der Waals surface area contributed by atoms with Gasteiger partial charge in [-0.05, 0) is 12.1 Å². The SMILES string of the molecule is N[C@@H](CC(Oc1ccc(Cl)c(Cl)c1)C(=O)O)C(=O)O. The maximum Gasteiger partial charge on any atom is 0.344 e. The van der Waals surface area contributed by atoms with E-state index in [-0.39, 0.29) is 17.2 Å². The van der Waals surface area contributed by atoms with Crippen molar-refractivity contribution in [3.8, 4) is 5.75 Å². The van der Waals surface area contributed by atoms with Gasteiger partial charge in [-0.25, -0.2) is 4.79 Å². The van der Waals surface area contributed by atoms with Crippen molar-refractivity contribution in [3.63, 3.8) is 0 Å². The van der Waals surface area contributed by atoms with Gasteiger partial charge in [-0.15, -0.1) is 0 Å². The number of halogens is 2. The second-order valence-electron chi connectivity index (χ2n) is 3.70. The first-order chi connectivity index (χ1) is 8.81. The summed E-state index contributed by atoms with van der Waals surface area (Å²) in [6.45, 7) is 0. The van der Waals surface area contributed by atoms with E-state index in [0.29, 0.717) is 5.02 Å². The third kappa shape index (κ3) is 4.59. The lowest BCUT2D eigenvalue weighted by Crippen LogP contribution is -2.39. The summed E-state index contributed by atoms with van der Waals surface area (Å²) in [5, 5.41) is 18.1. The topological polar surface area (TPSA) is 110 Å². The molecule has 0 bridgehead atoms. The molecule has 2 atom stereocenters. The average Bonchev–Trinajstić information content (AvgIpc) is 2.32. The Morgan fingerprint density at radius 3 is 2.32 bits per heavy atom. The Morgan fingerprint density at radius 2 is 1.84 bits per heavy atom. The molecule has 0 saturated carbocycles. The number of rotatable bonds is 6. The minimum Gasteiger partial charge on any atom is -0.480 e. The van der Waals surface area contributed by atoms with Gasteiger partial charge in [0.25, 0.3) is 0 Å². The summed E-state index contributed by atoms with van der Waals surface area (Å²) in [6.07, 6.45) is -1.76. The van der Waals surface area contributed by atoms with E-state index in [0.717, 1.165) is 0 Å². The highest BCUT2D eigenvalue weighted by molar-refractivity contribution is 6.42. The maximum absolute atomic E-state index is 11.0. The molecular weight excluding hydrogens is 297 g/mol. The van der Waals surface area contributed by atoms with Crippen LogP contribution in [-0.4, -0.2) is 34.3 Å². The lowest BCUT2D eigenvalue weighted by atomic mass is 10.1. The lowest BCUT2D eigenvalue weighted by molar-refractivity contribution is -0.146. The molecule has 1 aromatic rings. The zero-order chi connectivity index (χ0) is 14.6. The number of aliphatic carboxylic acids is 2. The summed E-state index contributed by atoms with van der Waals surface area (Å²) < 4.78 is 5.15. The second kappa shape index (κ2) is 6.60. The molecule has 1 unspecified atom stereocenters. The number of carboxylic acid groups (broad SMARTS) is 2. The summed E-state index contributed by atoms with van der Waals surface area (Å²) in [6, 6.07) is 2.88. The van der Waals surface area contributed by atoms with Gasteiger partial charge in [0.1, 0.15) is 11.8 Å². The van der Waals surface area contributed by atoms with Crippen LogP contribution < -0.4 is 10.5 Å². The smallest absolute Gasteiger partial charge is 0.344 e. The highest BCUT2D eigenvalue weighted by Crippen LogP contribution is 2.27. The van der Waals surface area contributed by atoms with Crippen molar-refractivity contribution in [3.05, 3.63) is 28.2 Å². The van der Waals surface area contributed by atoms with Crippen molar-refractivity contribution >= 4 is 35.1 Å². The Morgan fingerprint density at radius 1 is 1.21 bits per heavy atom. The molecule has 0 amide bonds. The quantitative estimate of drug-likeness (QED) is 0.736. The minimum absolute atomic E-state index is 0.166. The standard InChI is InChI=1S/C11H11Cl2NO5/c12-6-2-1-5(3-7(6)13)19-9(11(17)18)4-8(14)10(15)16/h1-3,8-9H,4,14H2,(H,15,16)(H,17,18)/t8-,9?/m0/s1. The fraction of sp³-hybridized carbons (Fsp3) is 0.273. The third-order valence-electron chi connectivity index (χ3n) is 2.23. The number of ether oxygens (including phenoxy) is 1. The van der Waals surface area contributed by atoms with Gasteiger partial charge in [-0.3, -0.25) is 4.79 Å². The Kier molecular flexibility index (Phi) is 5.41. The number of nitrogens with two attached hydrogens (primary N) is 1. The first-order valence-corrected chi connectivity index (χ1v) is 5.89. The zero-order valence-corrected chi connectivity index (χ0v) is 11.1. The molecule has 0 radical (unpaired) electrons. The van der Waals surface area contributed by atoms with Crippen LogP contribution in [-0.2, 0) is 9.59 Å². The summed E-state index contributed by atoms with van der Waals surface area (Å²) >= 11 is 11.5. The van der Waals surface area contributed by atoms with E-state index in [1.807, 2.05) is 0 Å². The first-order valence-electron chi connectivity index (χ1n) is 5.14. The van der Waals surface area contributed by atoms with Crippen LogP contribution in [0.1, 0.15) is 6.42 Å². The second-order valence-corrected chi connectivity index (χ2v) is 4.52. The highest BCUT2D eigenvalue weighted by Gasteiger charge is 2.26. The van der Waals surface area contributed by atoms with Crippen LogP contribution in [0, 0.1) is 0 Å². The summed E-state index contributed by atoms with van der Waals surface area (Å²) in [4.78, 5) is 21.6. The summed E-state index contributed by atoms with van der Waals surface area (Å²) in [5.41, 5.74) is 5.27. The molecule has 0 aliphatic carbocycles. The highest BCUT2D eigenvalue weighted by atomic mass is 35.5. The van der Waals surface area contributed by atoms with Crippen molar-refractivity contribution in [1.82, 2.24) is 0 Å². The van der Waals surface area contributed by atoms with Crippen molar-refractivity contribution in [2.24, 2.45) is 5.73 Å². The van der Waals surface area contributed by atoms with Crippen LogP contribution in [0.3, 0.4) is 0 Å². The minimum atomic E-state index is -1.39. The predicted octanol–water partition coefficient (Wildman–Crippen LogP) is 1.63. The lowest BCUT2D eigenvalue weighted by Gasteiger charge is -2.17. The van der Waals surface area contributed by atoms with Crippen LogP contribution >= 0.6 is 23.2 Å². The monoisotopic (exact) mass is 307 g/mol. The largest absolute Gasteiger partial charge is 0.480 e. The molecule has 0 fully saturated rings. The van der Waals surface area contributed by atoms with Gasteiger partial charge in [-0.2, -0.15) is 0 Å². The Labute approximate surface area is 118 Å². The van der Waals surface area contributed by atoms with E-state index in [9.17, 15) is 9.59 Å². The third-order valence-corrected chi connectivity index (χ3v) is 2.97. The van der Waals surface area contributed by atoms with Crippen LogP contribution in [0.25, 0.3) is 0 Å². The molecule has 19 heavy (non-hydrogen) atoms. The van der Waals surface area contributed by atoms with Gasteiger partial charge in [0.2, 0.25) is 0 Å². The van der Waals surface area contributed by atoms with E-state index in [2.05, 4.69) is 0 Å². The molecule has 104 valence electrons. The number of carbonyl (C=O) groups is 2. The van der Waals surface area contributed by atoms with Gasteiger partial charge in [0.05, 0.1) is 10.0 Å². The van der Waals surface area contributed by atoms with Crippen LogP contribution in [0.15, 0.2) is 18.2 Å². The molecule has 6 nitrogen and oxygen atoms in total. The van der Waals surface area contributed by atoms with Gasteiger partial charge in [-0.1, -0.05) is 23.2 Å². The molecule has 0 saturated heterocycles. The van der Waals surface area contributed by atoms with Crippen molar-refractivity contribution < 1.29 is 24.5 Å². The maximum atomic E-state index is 11.0. The molecule has 0 aliphatic rings. The molecule has 0 aliphatic heterocycles. The van der Waals surface area contributed by atoms with Crippen LogP contribution in [0.2, 0.25) is 10.0 Å². The molecule has 1 rings (SSSR count). The molecule has 1 aromatic carbocycles. The van der Waals surface area contributed by atoms with E-state index in [1.165, 1.54) is 18.2 Å². The fourth-order valence-corrected chi connectivity index (χ4v) is 1.53. The Bertz CT molecular complexity index is 494. The van der Waals surface area contributed by atoms with Gasteiger partial charge in [0, 0.05) is 12.5 Å². The molecule has 8 heteroatoms. The van der Waals surface area contributed by atoms with Crippen molar-refractivity contribution in [2.45, 2.75) is 18.6 Å².